The summed E-state index contributed by atoms with van der Waals surface area (Å²) in [4.78, 5) is 12.9. The molecule has 6 nitrogen and oxygen atoms in total. The van der Waals surface area contributed by atoms with Crippen molar-refractivity contribution < 1.29 is 37.0 Å². The Morgan fingerprint density at radius 2 is 0.846 bits per heavy atom. The average molecular weight is 714 g/mol. The minimum absolute atomic E-state index is 0.449. The van der Waals surface area contributed by atoms with Crippen molar-refractivity contribution in [1.82, 2.24) is 28.7 Å². The first-order chi connectivity index (χ1) is 36.9. The molecule has 11 rings (SSSR count). The molecule has 0 fully saturated rings. The number of fused-ring (bicyclic) bond motifs is 9. The quantitative estimate of drug-likeness (QED) is 0.182. The molecule has 0 saturated heterocycles. The van der Waals surface area contributed by atoms with Gasteiger partial charge < -0.3 is 9.13 Å². The largest absolute Gasteiger partial charge is 0.309 e. The normalized spacial score (nSPS) is 19.2. The van der Waals surface area contributed by atoms with Crippen molar-refractivity contribution >= 4 is 77.0 Å². The molecule has 244 valence electrons. The summed E-state index contributed by atoms with van der Waals surface area (Å²) in [7, 11) is 0. The van der Waals surface area contributed by atoms with Gasteiger partial charge in [-0.2, -0.15) is 15.0 Å². The number of para-hydroxylation sites is 6. The zero-order valence-electron chi connectivity index (χ0n) is 52.6. The van der Waals surface area contributed by atoms with Gasteiger partial charge in [0.25, 0.3) is 0 Å². The van der Waals surface area contributed by atoms with E-state index in [1.54, 1.807) is 0 Å². The van der Waals surface area contributed by atoms with Crippen LogP contribution in [0.2, 0.25) is 5.28 Å². The fourth-order valence-corrected chi connectivity index (χ4v) is 6.45. The van der Waals surface area contributed by atoms with E-state index in [1.807, 2.05) is 0 Å². The number of benzene rings is 7. The highest BCUT2D eigenvalue weighted by molar-refractivity contribution is 6.28. The van der Waals surface area contributed by atoms with Gasteiger partial charge >= 0.3 is 0 Å². The monoisotopic (exact) mass is 713 g/mol. The highest BCUT2D eigenvalue weighted by Gasteiger charge is 2.21. The highest BCUT2D eigenvalue weighted by Crippen LogP contribution is 2.38. The molecule has 52 heavy (non-hydrogen) atoms. The van der Waals surface area contributed by atoms with E-state index in [9.17, 15) is 9.60 Å². The lowest BCUT2D eigenvalue weighted by molar-refractivity contribution is 0.945. The minimum atomic E-state index is -0.990. The third kappa shape index (κ3) is 4.16. The molecule has 0 bridgehead atoms. The Labute approximate surface area is 340 Å². The molecule has 4 heterocycles. The van der Waals surface area contributed by atoms with Crippen LogP contribution < -0.4 is 0 Å². The van der Waals surface area contributed by atoms with Crippen molar-refractivity contribution in [3.8, 4) is 28.7 Å². The lowest BCUT2D eigenvalue weighted by Gasteiger charge is -2.14. The molecule has 0 aliphatic carbocycles. The van der Waals surface area contributed by atoms with Crippen molar-refractivity contribution in [3.05, 3.63) is 168 Å². The van der Waals surface area contributed by atoms with Crippen LogP contribution in [0.15, 0.2) is 163 Å². The number of rotatable bonds is 4. The predicted molar refractivity (Wildman–Crippen MR) is 213 cm³/mol. The summed E-state index contributed by atoms with van der Waals surface area (Å²) < 4.78 is 244. The summed E-state index contributed by atoms with van der Waals surface area (Å²) in [6, 6.07) is -23.4. The Morgan fingerprint density at radius 1 is 0.404 bits per heavy atom. The molecule has 0 N–H and O–H groups in total. The van der Waals surface area contributed by atoms with Crippen molar-refractivity contribution in [2.24, 2.45) is 0 Å². The van der Waals surface area contributed by atoms with Gasteiger partial charge in [0.15, 0.2) is 5.82 Å². The van der Waals surface area contributed by atoms with Gasteiger partial charge in [0.2, 0.25) is 11.2 Å². The van der Waals surface area contributed by atoms with Crippen LogP contribution in [0.25, 0.3) is 94.1 Å². The third-order valence-electron chi connectivity index (χ3n) is 8.34. The molecule has 0 aliphatic rings. The third-order valence-corrected chi connectivity index (χ3v) is 8.51. The van der Waals surface area contributed by atoms with Crippen LogP contribution >= 0.6 is 11.6 Å². The van der Waals surface area contributed by atoms with E-state index in [0.717, 1.165) is 13.7 Å². The Hall–Kier alpha value is -6.76. The van der Waals surface area contributed by atoms with Gasteiger partial charge in [-0.05, 0) is 72.0 Å². The average Bonchev–Trinajstić information content (AvgIpc) is 4.17. The molecule has 0 unspecified atom stereocenters. The number of hydrogen-bond donors (Lipinski definition) is 0. The zero-order chi connectivity index (χ0) is 57.8. The predicted octanol–water partition coefficient (Wildman–Crippen LogP) is 11.5. The van der Waals surface area contributed by atoms with Crippen LogP contribution in [0.5, 0.6) is 0 Å². The van der Waals surface area contributed by atoms with Crippen LogP contribution in [0, 0.1) is 0 Å². The Balaban J connectivity index is 1.32. The second-order valence-corrected chi connectivity index (χ2v) is 11.4. The molecule has 4 aromatic heterocycles. The van der Waals surface area contributed by atoms with E-state index in [4.69, 9.17) is 39.0 Å². The summed E-state index contributed by atoms with van der Waals surface area (Å²) in [5.41, 5.74) is -5.76. The van der Waals surface area contributed by atoms with Crippen LogP contribution in [-0.2, 0) is 0 Å². The standard InChI is InChI=1S/C45H27ClN6/c46-44-47-43(34-18-6-12-24-41(34)51-38-21-9-3-15-31(38)32-16-4-10-22-39(32)51)48-45(49-44)52-40-23-11-5-17-33(40)35-27-28(25-26-42(35)52)50-36-19-7-1-13-29(36)30-14-2-8-20-37(30)50/h1-27H/i1D,2D,3D,4D,5D,6D,7D,8D,9D,10D,11D,12D,13D,14D,15D,16D,17D,18D,19D,20D,21D,22D,23D,24D,25D,26D,27D. The SMILES string of the molecule is [2H]c1c([2H])c([2H])c(-n2c3c([2H])c([2H])c([2H])c([2H])c3c3c([2H])c([2H])c([2H])c([2H])c32)c(-c2nc(Cl)nc(-n3c4c([2H])c([2H])c([2H])c([2H])c4c4c([2H])c(-n5c6c([2H])c([2H])c([2H])c([2H])c6c6c([2H])c([2H])c([2H])c([2H])c65)c([2H])c([2H])c43)n2)c1[2H]. The van der Waals surface area contributed by atoms with Gasteiger partial charge in [0, 0.05) is 43.6 Å². The fourth-order valence-electron chi connectivity index (χ4n) is 6.29. The lowest BCUT2D eigenvalue weighted by Crippen LogP contribution is -2.06. The van der Waals surface area contributed by atoms with Crippen LogP contribution in [0.3, 0.4) is 0 Å². The number of hydrogen-bond acceptors (Lipinski definition) is 3. The van der Waals surface area contributed by atoms with Crippen LogP contribution in [0.1, 0.15) is 37.0 Å². The maximum atomic E-state index is 9.92. The van der Waals surface area contributed by atoms with Gasteiger partial charge in [-0.15, -0.1) is 0 Å². The minimum Gasteiger partial charge on any atom is -0.309 e. The lowest BCUT2D eigenvalue weighted by atomic mass is 10.1. The molecule has 0 radical (unpaired) electrons. The molecule has 7 heteroatoms. The van der Waals surface area contributed by atoms with Gasteiger partial charge in [-0.1, -0.05) is 103 Å². The molecule has 7 aromatic carbocycles. The highest BCUT2D eigenvalue weighted by atomic mass is 35.5. The van der Waals surface area contributed by atoms with Crippen molar-refractivity contribution in [2.45, 2.75) is 0 Å². The van der Waals surface area contributed by atoms with Gasteiger partial charge in [0.1, 0.15) is 0 Å². The fraction of sp³-hybridized carbons (Fsp3) is 0. The van der Waals surface area contributed by atoms with E-state index in [2.05, 4.69) is 15.0 Å². The van der Waals surface area contributed by atoms with E-state index < -0.39 is 263 Å². The molecule has 11 aromatic rings. The maximum Gasteiger partial charge on any atom is 0.239 e. The zero-order valence-corrected chi connectivity index (χ0v) is 26.3. The molecule has 0 aliphatic heterocycles. The van der Waals surface area contributed by atoms with E-state index >= 15 is 0 Å². The summed E-state index contributed by atoms with van der Waals surface area (Å²) >= 11 is 6.68. The molecule has 0 atom stereocenters. The van der Waals surface area contributed by atoms with Crippen LogP contribution in [0.4, 0.5) is 0 Å². The first-order valence-corrected chi connectivity index (χ1v) is 15.4. The summed E-state index contributed by atoms with van der Waals surface area (Å²) in [5, 5.41) is -3.80. The maximum absolute atomic E-state index is 9.92. The van der Waals surface area contributed by atoms with Crippen molar-refractivity contribution in [2.75, 3.05) is 0 Å². The molecular weight excluding hydrogens is 660 g/mol. The van der Waals surface area contributed by atoms with Crippen molar-refractivity contribution in [1.29, 1.82) is 0 Å². The molecular formula is C45H27ClN6. The molecule has 0 saturated carbocycles. The second-order valence-electron chi connectivity index (χ2n) is 11.0. The van der Waals surface area contributed by atoms with Gasteiger partial charge in [-0.25, -0.2) is 0 Å². The van der Waals surface area contributed by atoms with E-state index in [-0.39, 0.29) is 0 Å². The van der Waals surface area contributed by atoms with Crippen LogP contribution in [-0.4, -0.2) is 28.7 Å². The summed E-state index contributed by atoms with van der Waals surface area (Å²) in [5.74, 6) is -1.64. The van der Waals surface area contributed by atoms with Gasteiger partial charge in [0.05, 0.1) is 75.8 Å². The smallest absolute Gasteiger partial charge is 0.239 e. The first kappa shape index (κ1) is 13.1. The Bertz CT molecular complexity index is 4620. The number of halogens is 1. The Morgan fingerprint density at radius 3 is 1.42 bits per heavy atom. The van der Waals surface area contributed by atoms with Gasteiger partial charge in [-0.3, -0.25) is 4.57 Å². The second kappa shape index (κ2) is 11.1. The Kier molecular flexibility index (Phi) is 2.80. The van der Waals surface area contributed by atoms with E-state index in [0.29, 0.717) is 0 Å². The molecule has 0 amide bonds. The van der Waals surface area contributed by atoms with E-state index in [1.165, 1.54) is 0 Å². The first-order valence-electron chi connectivity index (χ1n) is 28.5. The molecule has 0 spiro atoms. The van der Waals surface area contributed by atoms with Crippen molar-refractivity contribution in [3.63, 3.8) is 0 Å². The topological polar surface area (TPSA) is 53.5 Å². The summed E-state index contributed by atoms with van der Waals surface area (Å²) in [6.45, 7) is 0. The summed E-state index contributed by atoms with van der Waals surface area (Å²) in [6.07, 6.45) is 0. The number of aromatic nitrogens is 6. The number of nitrogens with zero attached hydrogens (tertiary/aromatic N) is 6.